The van der Waals surface area contributed by atoms with Crippen LogP contribution in [0.3, 0.4) is 0 Å². The molecule has 14 heavy (non-hydrogen) atoms. The highest BCUT2D eigenvalue weighted by Crippen LogP contribution is 2.08. The van der Waals surface area contributed by atoms with Crippen LogP contribution in [0, 0.1) is 0 Å². The van der Waals surface area contributed by atoms with Crippen molar-refractivity contribution in [3.05, 3.63) is 35.4 Å². The minimum atomic E-state index is 0.575. The minimum Gasteiger partial charge on any atom is -0.411 e. The monoisotopic (exact) mass is 192 g/mol. The molecule has 0 saturated heterocycles. The Morgan fingerprint density at radius 1 is 0.929 bits per heavy atom. The quantitative estimate of drug-likeness (QED) is 0.433. The maximum atomic E-state index is 8.30. The zero-order valence-electron chi connectivity index (χ0n) is 7.67. The first kappa shape index (κ1) is 10.2. The Hall–Kier alpha value is -1.84. The SMILES string of the molecule is O/N=C/Cc1ccccc1C/C=N/O. The number of oxime groups is 2. The average molecular weight is 192 g/mol. The third-order valence-electron chi connectivity index (χ3n) is 1.90. The molecule has 0 aliphatic rings. The van der Waals surface area contributed by atoms with Crippen LogP contribution in [-0.2, 0) is 12.8 Å². The molecule has 4 nitrogen and oxygen atoms in total. The summed E-state index contributed by atoms with van der Waals surface area (Å²) in [6.07, 6.45) is 4.00. The van der Waals surface area contributed by atoms with Crippen molar-refractivity contribution in [1.82, 2.24) is 0 Å². The molecule has 1 rings (SSSR count). The lowest BCUT2D eigenvalue weighted by atomic mass is 10.0. The van der Waals surface area contributed by atoms with Crippen LogP contribution in [-0.4, -0.2) is 22.8 Å². The smallest absolute Gasteiger partial charge is 0.0479 e. The molecule has 0 spiro atoms. The topological polar surface area (TPSA) is 65.2 Å². The highest BCUT2D eigenvalue weighted by atomic mass is 16.4. The standard InChI is InChI=1S/C10H12N2O2/c13-11-7-5-9-3-1-2-4-10(9)6-8-12-14/h1-4,7-8,13-14H,5-6H2/b11-7+,12-8+. The van der Waals surface area contributed by atoms with Crippen LogP contribution in [0.2, 0.25) is 0 Å². The van der Waals surface area contributed by atoms with Crippen molar-refractivity contribution >= 4 is 12.4 Å². The van der Waals surface area contributed by atoms with Gasteiger partial charge in [0.25, 0.3) is 0 Å². The van der Waals surface area contributed by atoms with Crippen LogP contribution in [0.15, 0.2) is 34.6 Å². The first-order chi connectivity index (χ1) is 6.88. The fourth-order valence-electron chi connectivity index (χ4n) is 1.23. The van der Waals surface area contributed by atoms with Gasteiger partial charge in [-0.25, -0.2) is 0 Å². The van der Waals surface area contributed by atoms with Crippen LogP contribution < -0.4 is 0 Å². The molecule has 0 aliphatic heterocycles. The molecule has 0 aliphatic carbocycles. The van der Waals surface area contributed by atoms with Crippen molar-refractivity contribution in [2.75, 3.05) is 0 Å². The first-order valence-electron chi connectivity index (χ1n) is 4.27. The van der Waals surface area contributed by atoms with Gasteiger partial charge >= 0.3 is 0 Å². The summed E-state index contributed by atoms with van der Waals surface area (Å²) in [6.45, 7) is 0. The van der Waals surface area contributed by atoms with E-state index in [2.05, 4.69) is 10.3 Å². The lowest BCUT2D eigenvalue weighted by Gasteiger charge is -2.03. The van der Waals surface area contributed by atoms with E-state index in [4.69, 9.17) is 10.4 Å². The van der Waals surface area contributed by atoms with Gasteiger partial charge in [0.2, 0.25) is 0 Å². The summed E-state index contributed by atoms with van der Waals surface area (Å²) >= 11 is 0. The molecular weight excluding hydrogens is 180 g/mol. The van der Waals surface area contributed by atoms with Crippen LogP contribution in [0.25, 0.3) is 0 Å². The van der Waals surface area contributed by atoms with Crippen molar-refractivity contribution in [1.29, 1.82) is 0 Å². The van der Waals surface area contributed by atoms with E-state index in [1.165, 1.54) is 12.4 Å². The summed E-state index contributed by atoms with van der Waals surface area (Å²) in [6, 6.07) is 7.73. The molecule has 0 fully saturated rings. The van der Waals surface area contributed by atoms with Gasteiger partial charge in [0.15, 0.2) is 0 Å². The summed E-state index contributed by atoms with van der Waals surface area (Å²) in [7, 11) is 0. The molecule has 4 heteroatoms. The van der Waals surface area contributed by atoms with Crippen LogP contribution in [0.4, 0.5) is 0 Å². The van der Waals surface area contributed by atoms with Crippen molar-refractivity contribution in [2.24, 2.45) is 10.3 Å². The molecule has 1 aromatic carbocycles. The van der Waals surface area contributed by atoms with Gasteiger partial charge in [-0.2, -0.15) is 0 Å². The molecule has 0 saturated carbocycles. The largest absolute Gasteiger partial charge is 0.411 e. The second-order valence-corrected chi connectivity index (χ2v) is 2.77. The second-order valence-electron chi connectivity index (χ2n) is 2.77. The van der Waals surface area contributed by atoms with E-state index >= 15 is 0 Å². The van der Waals surface area contributed by atoms with Crippen LogP contribution >= 0.6 is 0 Å². The lowest BCUT2D eigenvalue weighted by Crippen LogP contribution is -1.95. The Bertz CT molecular complexity index is 302. The summed E-state index contributed by atoms with van der Waals surface area (Å²) in [5.41, 5.74) is 2.12. The number of hydrogen-bond donors (Lipinski definition) is 2. The van der Waals surface area contributed by atoms with Gasteiger partial charge < -0.3 is 10.4 Å². The number of benzene rings is 1. The van der Waals surface area contributed by atoms with E-state index in [1.54, 1.807) is 0 Å². The fourth-order valence-corrected chi connectivity index (χ4v) is 1.23. The van der Waals surface area contributed by atoms with E-state index in [0.717, 1.165) is 11.1 Å². The van der Waals surface area contributed by atoms with Gasteiger partial charge in [0, 0.05) is 25.3 Å². The highest BCUT2D eigenvalue weighted by molar-refractivity contribution is 5.65. The molecule has 0 atom stereocenters. The highest BCUT2D eigenvalue weighted by Gasteiger charge is 1.98. The molecule has 74 valence electrons. The zero-order valence-corrected chi connectivity index (χ0v) is 7.67. The Kier molecular flexibility index (Phi) is 4.20. The Morgan fingerprint density at radius 3 is 1.71 bits per heavy atom. The third kappa shape index (κ3) is 2.90. The summed E-state index contributed by atoms with van der Waals surface area (Å²) in [4.78, 5) is 0. The first-order valence-corrected chi connectivity index (χ1v) is 4.27. The number of nitrogens with zero attached hydrogens (tertiary/aromatic N) is 2. The van der Waals surface area contributed by atoms with Gasteiger partial charge in [0.1, 0.15) is 0 Å². The summed E-state index contributed by atoms with van der Waals surface area (Å²) < 4.78 is 0. The number of rotatable bonds is 4. The summed E-state index contributed by atoms with van der Waals surface area (Å²) in [5, 5.41) is 22.5. The molecule has 0 aromatic heterocycles. The van der Waals surface area contributed by atoms with E-state index in [1.807, 2.05) is 24.3 Å². The predicted octanol–water partition coefficient (Wildman–Crippen LogP) is 1.69. The maximum Gasteiger partial charge on any atom is 0.0479 e. The zero-order chi connectivity index (χ0) is 10.2. The van der Waals surface area contributed by atoms with Gasteiger partial charge in [-0.3, -0.25) is 0 Å². The fraction of sp³-hybridized carbons (Fsp3) is 0.200. The van der Waals surface area contributed by atoms with Crippen molar-refractivity contribution in [3.8, 4) is 0 Å². The normalized spacial score (nSPS) is 11.4. The molecule has 1 aromatic rings. The van der Waals surface area contributed by atoms with Gasteiger partial charge in [0.05, 0.1) is 0 Å². The van der Waals surface area contributed by atoms with E-state index in [-0.39, 0.29) is 0 Å². The molecular formula is C10H12N2O2. The Labute approximate surface area is 82.2 Å². The average Bonchev–Trinajstić information content (AvgIpc) is 2.24. The Morgan fingerprint density at radius 2 is 1.36 bits per heavy atom. The second kappa shape index (κ2) is 5.75. The summed E-state index contributed by atoms with van der Waals surface area (Å²) in [5.74, 6) is 0. The van der Waals surface area contributed by atoms with Crippen LogP contribution in [0.1, 0.15) is 11.1 Å². The van der Waals surface area contributed by atoms with Crippen molar-refractivity contribution in [3.63, 3.8) is 0 Å². The van der Waals surface area contributed by atoms with Gasteiger partial charge in [-0.15, -0.1) is 10.3 Å². The molecule has 0 unspecified atom stereocenters. The predicted molar refractivity (Wildman–Crippen MR) is 54.4 cm³/mol. The van der Waals surface area contributed by atoms with Crippen molar-refractivity contribution < 1.29 is 10.4 Å². The maximum absolute atomic E-state index is 8.30. The molecule has 0 bridgehead atoms. The van der Waals surface area contributed by atoms with Crippen LogP contribution in [0.5, 0.6) is 0 Å². The van der Waals surface area contributed by atoms with Gasteiger partial charge in [-0.1, -0.05) is 24.3 Å². The van der Waals surface area contributed by atoms with E-state index in [0.29, 0.717) is 12.8 Å². The van der Waals surface area contributed by atoms with E-state index < -0.39 is 0 Å². The minimum absolute atomic E-state index is 0.575. The van der Waals surface area contributed by atoms with E-state index in [9.17, 15) is 0 Å². The molecule has 0 radical (unpaired) electrons. The van der Waals surface area contributed by atoms with Gasteiger partial charge in [-0.05, 0) is 11.1 Å². The van der Waals surface area contributed by atoms with Crippen molar-refractivity contribution in [2.45, 2.75) is 12.8 Å². The third-order valence-corrected chi connectivity index (χ3v) is 1.90. The molecule has 2 N–H and O–H groups in total. The lowest BCUT2D eigenvalue weighted by molar-refractivity contribution is 0.320. The Balaban J connectivity index is 2.79. The number of hydrogen-bond acceptors (Lipinski definition) is 4. The molecule has 0 heterocycles. The molecule has 0 amide bonds.